The minimum absolute atomic E-state index is 0.0798. The third kappa shape index (κ3) is 3.42. The van der Waals surface area contributed by atoms with Gasteiger partial charge in [-0.05, 0) is 38.1 Å². The lowest BCUT2D eigenvalue weighted by Crippen LogP contribution is -2.26. The molecule has 0 amide bonds. The van der Waals surface area contributed by atoms with Crippen LogP contribution in [0.15, 0.2) is 18.2 Å². The van der Waals surface area contributed by atoms with E-state index in [4.69, 9.17) is 5.11 Å². The molecular weight excluding hydrogens is 218 g/mol. The summed E-state index contributed by atoms with van der Waals surface area (Å²) in [5, 5.41) is 12.0. The summed E-state index contributed by atoms with van der Waals surface area (Å²) in [7, 11) is 0. The van der Waals surface area contributed by atoms with Gasteiger partial charge in [0.15, 0.2) is 5.69 Å². The molecule has 5 heteroatoms. The highest BCUT2D eigenvalue weighted by atomic mass is 16.4. The molecule has 1 aromatic heterocycles. The Morgan fingerprint density at radius 3 is 2.88 bits per heavy atom. The molecule has 0 radical (unpaired) electrons. The Kier molecular flexibility index (Phi) is 3.93. The first kappa shape index (κ1) is 11.9. The van der Waals surface area contributed by atoms with Crippen molar-refractivity contribution in [2.75, 3.05) is 31.5 Å². The number of likely N-dealkylation sites (tertiary alicyclic amines) is 1. The summed E-state index contributed by atoms with van der Waals surface area (Å²) in [5.41, 5.74) is 0.0798. The molecule has 17 heavy (non-hydrogen) atoms. The van der Waals surface area contributed by atoms with E-state index in [0.717, 1.165) is 13.1 Å². The topological polar surface area (TPSA) is 65.5 Å². The van der Waals surface area contributed by atoms with Crippen LogP contribution in [0.2, 0.25) is 0 Å². The summed E-state index contributed by atoms with van der Waals surface area (Å²) >= 11 is 0. The summed E-state index contributed by atoms with van der Waals surface area (Å²) in [4.78, 5) is 17.1. The molecule has 0 saturated carbocycles. The smallest absolute Gasteiger partial charge is 0.354 e. The van der Waals surface area contributed by atoms with E-state index < -0.39 is 5.97 Å². The summed E-state index contributed by atoms with van der Waals surface area (Å²) in [5.74, 6) is -0.364. The van der Waals surface area contributed by atoms with E-state index in [1.54, 1.807) is 12.1 Å². The highest BCUT2D eigenvalue weighted by Crippen LogP contribution is 2.07. The first-order valence-corrected chi connectivity index (χ1v) is 5.92. The number of nitrogens with one attached hydrogen (secondary N) is 1. The van der Waals surface area contributed by atoms with Crippen molar-refractivity contribution in [2.24, 2.45) is 0 Å². The normalized spacial score (nSPS) is 16.0. The van der Waals surface area contributed by atoms with Gasteiger partial charge in [0, 0.05) is 13.1 Å². The second kappa shape index (κ2) is 5.63. The number of carbonyl (C=O) groups is 1. The number of rotatable bonds is 5. The fourth-order valence-electron chi connectivity index (χ4n) is 2.00. The molecule has 1 aliphatic heterocycles. The molecule has 1 aromatic rings. The predicted molar refractivity (Wildman–Crippen MR) is 65.4 cm³/mol. The van der Waals surface area contributed by atoms with Crippen molar-refractivity contribution in [1.29, 1.82) is 0 Å². The van der Waals surface area contributed by atoms with E-state index >= 15 is 0 Å². The number of anilines is 1. The van der Waals surface area contributed by atoms with Crippen LogP contribution < -0.4 is 5.32 Å². The maximum absolute atomic E-state index is 10.7. The van der Waals surface area contributed by atoms with Gasteiger partial charge < -0.3 is 15.3 Å². The van der Waals surface area contributed by atoms with Crippen LogP contribution in [0.3, 0.4) is 0 Å². The predicted octanol–water partition coefficient (Wildman–Crippen LogP) is 1.29. The van der Waals surface area contributed by atoms with E-state index in [1.165, 1.54) is 32.0 Å². The second-order valence-corrected chi connectivity index (χ2v) is 4.19. The Bertz CT molecular complexity index is 389. The highest BCUT2D eigenvalue weighted by molar-refractivity contribution is 5.85. The van der Waals surface area contributed by atoms with Crippen molar-refractivity contribution >= 4 is 11.8 Å². The van der Waals surface area contributed by atoms with E-state index in [-0.39, 0.29) is 5.69 Å². The lowest BCUT2D eigenvalue weighted by molar-refractivity contribution is 0.0690. The molecule has 0 aromatic carbocycles. The number of carboxylic acid groups (broad SMARTS) is 1. The Morgan fingerprint density at radius 1 is 1.41 bits per heavy atom. The van der Waals surface area contributed by atoms with Crippen molar-refractivity contribution < 1.29 is 9.90 Å². The van der Waals surface area contributed by atoms with Crippen LogP contribution in [0.5, 0.6) is 0 Å². The lowest BCUT2D eigenvalue weighted by Gasteiger charge is -2.14. The molecule has 1 saturated heterocycles. The van der Waals surface area contributed by atoms with Gasteiger partial charge in [-0.2, -0.15) is 0 Å². The van der Waals surface area contributed by atoms with Gasteiger partial charge in [0.05, 0.1) is 0 Å². The van der Waals surface area contributed by atoms with E-state index in [0.29, 0.717) is 5.82 Å². The largest absolute Gasteiger partial charge is 0.477 e. The fraction of sp³-hybridized carbons (Fsp3) is 0.500. The maximum atomic E-state index is 10.7. The third-order valence-corrected chi connectivity index (χ3v) is 2.90. The van der Waals surface area contributed by atoms with Gasteiger partial charge in [-0.25, -0.2) is 9.78 Å². The number of aromatic nitrogens is 1. The van der Waals surface area contributed by atoms with Crippen LogP contribution in [0.1, 0.15) is 23.3 Å². The van der Waals surface area contributed by atoms with Crippen LogP contribution >= 0.6 is 0 Å². The summed E-state index contributed by atoms with van der Waals surface area (Å²) < 4.78 is 0. The SMILES string of the molecule is O=C(O)c1cccc(NCCN2CCCC2)n1. The van der Waals surface area contributed by atoms with Gasteiger partial charge in [0.2, 0.25) is 0 Å². The van der Waals surface area contributed by atoms with Gasteiger partial charge in [-0.3, -0.25) is 0 Å². The Morgan fingerprint density at radius 2 is 2.18 bits per heavy atom. The highest BCUT2D eigenvalue weighted by Gasteiger charge is 2.10. The Hall–Kier alpha value is -1.62. The zero-order valence-electron chi connectivity index (χ0n) is 9.72. The van der Waals surface area contributed by atoms with Crippen LogP contribution in [0.25, 0.3) is 0 Å². The van der Waals surface area contributed by atoms with Gasteiger partial charge in [0.1, 0.15) is 5.82 Å². The summed E-state index contributed by atoms with van der Waals surface area (Å²) in [6.07, 6.45) is 2.57. The number of hydrogen-bond acceptors (Lipinski definition) is 4. The van der Waals surface area contributed by atoms with Gasteiger partial charge in [0.25, 0.3) is 0 Å². The minimum atomic E-state index is -0.992. The van der Waals surface area contributed by atoms with Crippen LogP contribution in [-0.2, 0) is 0 Å². The average Bonchev–Trinajstić information content (AvgIpc) is 2.82. The van der Waals surface area contributed by atoms with Crippen molar-refractivity contribution in [3.8, 4) is 0 Å². The zero-order valence-corrected chi connectivity index (χ0v) is 9.72. The molecule has 5 nitrogen and oxygen atoms in total. The van der Waals surface area contributed by atoms with Crippen molar-refractivity contribution in [1.82, 2.24) is 9.88 Å². The molecule has 2 heterocycles. The number of aromatic carboxylic acids is 1. The third-order valence-electron chi connectivity index (χ3n) is 2.90. The molecule has 2 rings (SSSR count). The molecular formula is C12H17N3O2. The van der Waals surface area contributed by atoms with E-state index in [1.807, 2.05) is 0 Å². The van der Waals surface area contributed by atoms with Gasteiger partial charge in [-0.1, -0.05) is 6.07 Å². The van der Waals surface area contributed by atoms with E-state index in [2.05, 4.69) is 15.2 Å². The van der Waals surface area contributed by atoms with Gasteiger partial charge in [-0.15, -0.1) is 0 Å². The molecule has 92 valence electrons. The Labute approximate surface area is 100 Å². The van der Waals surface area contributed by atoms with Crippen molar-refractivity contribution in [2.45, 2.75) is 12.8 Å². The summed E-state index contributed by atoms with van der Waals surface area (Å²) in [6.45, 7) is 4.13. The number of carboxylic acids is 1. The van der Waals surface area contributed by atoms with Crippen LogP contribution in [-0.4, -0.2) is 47.1 Å². The molecule has 2 N–H and O–H groups in total. The van der Waals surface area contributed by atoms with Crippen LogP contribution in [0.4, 0.5) is 5.82 Å². The number of nitrogens with zero attached hydrogens (tertiary/aromatic N) is 2. The molecule has 1 aliphatic rings. The van der Waals surface area contributed by atoms with Gasteiger partial charge >= 0.3 is 5.97 Å². The maximum Gasteiger partial charge on any atom is 0.354 e. The first-order chi connectivity index (χ1) is 8.25. The number of hydrogen-bond donors (Lipinski definition) is 2. The average molecular weight is 235 g/mol. The van der Waals surface area contributed by atoms with E-state index in [9.17, 15) is 4.79 Å². The fourth-order valence-corrected chi connectivity index (χ4v) is 2.00. The second-order valence-electron chi connectivity index (χ2n) is 4.19. The molecule has 0 spiro atoms. The molecule has 0 atom stereocenters. The summed E-state index contributed by atoms with van der Waals surface area (Å²) in [6, 6.07) is 4.99. The Balaban J connectivity index is 1.81. The molecule has 0 bridgehead atoms. The lowest BCUT2D eigenvalue weighted by atomic mass is 10.3. The molecule has 0 aliphatic carbocycles. The van der Waals surface area contributed by atoms with Crippen LogP contribution in [0, 0.1) is 0 Å². The minimum Gasteiger partial charge on any atom is -0.477 e. The first-order valence-electron chi connectivity index (χ1n) is 5.92. The quantitative estimate of drug-likeness (QED) is 0.805. The number of pyridine rings is 1. The standard InChI is InChI=1S/C12H17N3O2/c16-12(17)10-4-3-5-11(14-10)13-6-9-15-7-1-2-8-15/h3-5H,1-2,6-9H2,(H,13,14)(H,16,17). The van der Waals surface area contributed by atoms with Crippen molar-refractivity contribution in [3.63, 3.8) is 0 Å². The zero-order chi connectivity index (χ0) is 12.1. The van der Waals surface area contributed by atoms with Crippen molar-refractivity contribution in [3.05, 3.63) is 23.9 Å². The molecule has 1 fully saturated rings. The monoisotopic (exact) mass is 235 g/mol. The molecule has 0 unspecified atom stereocenters.